The third kappa shape index (κ3) is 3.33. The summed E-state index contributed by atoms with van der Waals surface area (Å²) in [7, 11) is 0. The molecule has 1 saturated heterocycles. The molecule has 1 fully saturated rings. The van der Waals surface area contributed by atoms with E-state index in [2.05, 4.69) is 51.8 Å². The van der Waals surface area contributed by atoms with Crippen LogP contribution in [0.2, 0.25) is 0 Å². The predicted molar refractivity (Wildman–Crippen MR) is 119 cm³/mol. The Morgan fingerprint density at radius 3 is 2.77 bits per heavy atom. The molecule has 5 heteroatoms. The molecule has 0 bridgehead atoms. The van der Waals surface area contributed by atoms with E-state index in [1.54, 1.807) is 0 Å². The number of aromatic nitrogens is 3. The van der Waals surface area contributed by atoms with Gasteiger partial charge in [0.15, 0.2) is 0 Å². The fourth-order valence-corrected chi connectivity index (χ4v) is 3.96. The number of benzene rings is 1. The van der Waals surface area contributed by atoms with E-state index in [4.69, 9.17) is 10.2 Å². The van der Waals surface area contributed by atoms with E-state index in [0.717, 1.165) is 64.4 Å². The number of aromatic amines is 1. The summed E-state index contributed by atoms with van der Waals surface area (Å²) in [6.45, 7) is 5.80. The van der Waals surface area contributed by atoms with Gasteiger partial charge >= 0.3 is 0 Å². The summed E-state index contributed by atoms with van der Waals surface area (Å²) >= 11 is 0. The van der Waals surface area contributed by atoms with Crippen molar-refractivity contribution in [2.45, 2.75) is 6.42 Å². The van der Waals surface area contributed by atoms with Gasteiger partial charge in [0.05, 0.1) is 29.1 Å². The fourth-order valence-electron chi connectivity index (χ4n) is 3.96. The van der Waals surface area contributed by atoms with Crippen LogP contribution in [0.3, 0.4) is 0 Å². The lowest BCUT2D eigenvalue weighted by Crippen LogP contribution is -2.18. The number of pyridine rings is 2. The normalized spacial score (nSPS) is 16.0. The molecule has 1 aliphatic rings. The van der Waals surface area contributed by atoms with Gasteiger partial charge in [-0.15, -0.1) is 0 Å². The molecule has 3 aromatic heterocycles. The van der Waals surface area contributed by atoms with Crippen LogP contribution in [0.5, 0.6) is 0 Å². The maximum absolute atomic E-state index is 9.16. The van der Waals surface area contributed by atoms with Gasteiger partial charge in [-0.2, -0.15) is 5.26 Å². The molecule has 0 spiro atoms. The molecular weight excluding hydrogens is 370 g/mol. The van der Waals surface area contributed by atoms with Gasteiger partial charge in [0.25, 0.3) is 0 Å². The highest BCUT2D eigenvalue weighted by Gasteiger charge is 2.24. The second-order valence-corrected chi connectivity index (χ2v) is 7.63. The van der Waals surface area contributed by atoms with Crippen molar-refractivity contribution in [3.63, 3.8) is 0 Å². The van der Waals surface area contributed by atoms with Crippen LogP contribution < -0.4 is 0 Å². The summed E-state index contributed by atoms with van der Waals surface area (Å²) in [5, 5.41) is 10.2. The molecule has 0 saturated carbocycles. The molecule has 1 N–H and O–H groups in total. The molecule has 1 aromatic carbocycles. The van der Waals surface area contributed by atoms with Crippen molar-refractivity contribution < 1.29 is 0 Å². The van der Waals surface area contributed by atoms with E-state index >= 15 is 0 Å². The second-order valence-electron chi connectivity index (χ2n) is 7.63. The topological polar surface area (TPSA) is 68.6 Å². The van der Waals surface area contributed by atoms with E-state index < -0.39 is 0 Å². The third-order valence-corrected chi connectivity index (χ3v) is 5.65. The molecule has 1 aliphatic heterocycles. The zero-order valence-electron chi connectivity index (χ0n) is 16.5. The van der Waals surface area contributed by atoms with Crippen molar-refractivity contribution in [2.75, 3.05) is 13.1 Å². The van der Waals surface area contributed by atoms with Gasteiger partial charge in [-0.25, -0.2) is 9.97 Å². The first-order valence-corrected chi connectivity index (χ1v) is 10.1. The quantitative estimate of drug-likeness (QED) is 0.525. The maximum atomic E-state index is 9.16. The Labute approximate surface area is 175 Å². The van der Waals surface area contributed by atoms with Crippen molar-refractivity contribution in [1.82, 2.24) is 19.9 Å². The minimum atomic E-state index is 0.0731. The zero-order valence-corrected chi connectivity index (χ0v) is 16.5. The van der Waals surface area contributed by atoms with Gasteiger partial charge in [0, 0.05) is 35.9 Å². The zero-order chi connectivity index (χ0) is 20.5. The lowest BCUT2D eigenvalue weighted by molar-refractivity contribution is 0.481. The average Bonchev–Trinajstić information content (AvgIpc) is 3.46. The van der Waals surface area contributed by atoms with Crippen molar-refractivity contribution in [3.8, 4) is 28.6 Å². The molecule has 0 amide bonds. The number of nitrogens with zero attached hydrogens (tertiary/aromatic N) is 4. The standard InChI is InChI=1S/C25H21N5/c1-17(30-11-10-18(14-26)16-30)22-8-5-9-23(28-22)21-12-20-13-24(29-25(20)27-15-21)19-6-3-2-4-7-19/h2-9,12-13,15,18H,1,10-11,16H2,(H,27,29)/t18-/m1/s1. The molecule has 5 rings (SSSR count). The summed E-state index contributed by atoms with van der Waals surface area (Å²) in [6, 6.07) is 22.8. The third-order valence-electron chi connectivity index (χ3n) is 5.65. The van der Waals surface area contributed by atoms with Crippen molar-refractivity contribution in [1.29, 1.82) is 5.26 Å². The van der Waals surface area contributed by atoms with Gasteiger partial charge < -0.3 is 9.88 Å². The first kappa shape index (κ1) is 18.1. The highest BCUT2D eigenvalue weighted by molar-refractivity contribution is 5.86. The SMILES string of the molecule is C=C(c1cccc(-c2cnc3[nH]c(-c4ccccc4)cc3c2)n1)N1CC[C@H](C#N)C1. The molecule has 4 heterocycles. The second kappa shape index (κ2) is 7.49. The number of hydrogen-bond donors (Lipinski definition) is 1. The summed E-state index contributed by atoms with van der Waals surface area (Å²) in [5.41, 5.74) is 6.58. The first-order valence-electron chi connectivity index (χ1n) is 10.1. The molecule has 146 valence electrons. The van der Waals surface area contributed by atoms with Crippen LogP contribution in [0.4, 0.5) is 0 Å². The molecule has 4 aromatic rings. The van der Waals surface area contributed by atoms with E-state index in [-0.39, 0.29) is 5.92 Å². The Kier molecular flexibility index (Phi) is 4.53. The summed E-state index contributed by atoms with van der Waals surface area (Å²) < 4.78 is 0. The number of rotatable bonds is 4. The van der Waals surface area contributed by atoms with Gasteiger partial charge in [-0.05, 0) is 36.2 Å². The Bertz CT molecular complexity index is 1270. The largest absolute Gasteiger partial charge is 0.369 e. The lowest BCUT2D eigenvalue weighted by Gasteiger charge is -2.20. The Hall–Kier alpha value is -3.91. The van der Waals surface area contributed by atoms with Gasteiger partial charge in [0.2, 0.25) is 0 Å². The molecule has 5 nitrogen and oxygen atoms in total. The van der Waals surface area contributed by atoms with E-state index in [1.807, 2.05) is 42.6 Å². The summed E-state index contributed by atoms with van der Waals surface area (Å²) in [4.78, 5) is 15.0. The molecule has 0 unspecified atom stereocenters. The van der Waals surface area contributed by atoms with Gasteiger partial charge in [0.1, 0.15) is 5.65 Å². The van der Waals surface area contributed by atoms with Crippen LogP contribution in [0, 0.1) is 17.2 Å². The average molecular weight is 391 g/mol. The van der Waals surface area contributed by atoms with Crippen LogP contribution in [0.15, 0.2) is 73.4 Å². The molecule has 30 heavy (non-hydrogen) atoms. The van der Waals surface area contributed by atoms with Crippen LogP contribution in [0.25, 0.3) is 39.2 Å². The Balaban J connectivity index is 1.45. The number of H-pyrrole nitrogens is 1. The van der Waals surface area contributed by atoms with Crippen LogP contribution in [-0.4, -0.2) is 32.9 Å². The first-order chi connectivity index (χ1) is 14.7. The maximum Gasteiger partial charge on any atom is 0.137 e. The Morgan fingerprint density at radius 2 is 1.97 bits per heavy atom. The van der Waals surface area contributed by atoms with Crippen LogP contribution >= 0.6 is 0 Å². The predicted octanol–water partition coefficient (Wildman–Crippen LogP) is 5.11. The number of nitrogens with one attached hydrogen (secondary N) is 1. The molecular formula is C25H21N5. The lowest BCUT2D eigenvalue weighted by atomic mass is 10.1. The smallest absolute Gasteiger partial charge is 0.137 e. The number of likely N-dealkylation sites (tertiary alicyclic amines) is 1. The van der Waals surface area contributed by atoms with E-state index in [9.17, 15) is 0 Å². The fraction of sp³-hybridized carbons (Fsp3) is 0.160. The Morgan fingerprint density at radius 1 is 1.10 bits per heavy atom. The van der Waals surface area contributed by atoms with E-state index in [1.165, 1.54) is 0 Å². The van der Waals surface area contributed by atoms with Crippen molar-refractivity contribution in [2.24, 2.45) is 5.92 Å². The van der Waals surface area contributed by atoms with Crippen molar-refractivity contribution >= 4 is 16.7 Å². The summed E-state index contributed by atoms with van der Waals surface area (Å²) in [6.07, 6.45) is 2.73. The number of fused-ring (bicyclic) bond motifs is 1. The molecule has 1 atom stereocenters. The van der Waals surface area contributed by atoms with E-state index in [0.29, 0.717) is 0 Å². The molecule has 0 aliphatic carbocycles. The van der Waals surface area contributed by atoms with Gasteiger partial charge in [-0.1, -0.05) is 43.0 Å². The summed E-state index contributed by atoms with van der Waals surface area (Å²) in [5.74, 6) is 0.0731. The van der Waals surface area contributed by atoms with Gasteiger partial charge in [-0.3, -0.25) is 0 Å². The monoisotopic (exact) mass is 391 g/mol. The van der Waals surface area contributed by atoms with Crippen molar-refractivity contribution in [3.05, 3.63) is 79.1 Å². The minimum Gasteiger partial charge on any atom is -0.369 e. The van der Waals surface area contributed by atoms with Crippen LogP contribution in [0.1, 0.15) is 12.1 Å². The molecule has 0 radical (unpaired) electrons. The number of nitriles is 1. The minimum absolute atomic E-state index is 0.0731. The highest BCUT2D eigenvalue weighted by atomic mass is 15.2. The number of hydrogen-bond acceptors (Lipinski definition) is 4. The highest BCUT2D eigenvalue weighted by Crippen LogP contribution is 2.28. The van der Waals surface area contributed by atoms with Crippen LogP contribution in [-0.2, 0) is 0 Å².